The fourth-order valence-electron chi connectivity index (χ4n) is 6.66. The summed E-state index contributed by atoms with van der Waals surface area (Å²) < 4.78 is 10.4. The van der Waals surface area contributed by atoms with Crippen molar-refractivity contribution in [3.8, 4) is 5.75 Å². The summed E-state index contributed by atoms with van der Waals surface area (Å²) >= 11 is 0. The van der Waals surface area contributed by atoms with E-state index in [1.807, 2.05) is 18.2 Å². The van der Waals surface area contributed by atoms with Gasteiger partial charge in [-0.25, -0.2) is 4.79 Å². The van der Waals surface area contributed by atoms with Gasteiger partial charge in [0.25, 0.3) is 0 Å². The van der Waals surface area contributed by atoms with Gasteiger partial charge in [0.05, 0.1) is 30.2 Å². The topological polar surface area (TPSA) is 90.0 Å². The molecular formula is C31H27NO6. The van der Waals surface area contributed by atoms with Gasteiger partial charge in [-0.3, -0.25) is 19.3 Å². The monoisotopic (exact) mass is 509 g/mol. The van der Waals surface area contributed by atoms with E-state index < -0.39 is 12.6 Å². The van der Waals surface area contributed by atoms with Crippen LogP contribution in [0.1, 0.15) is 45.0 Å². The van der Waals surface area contributed by atoms with Crippen molar-refractivity contribution in [2.24, 2.45) is 23.7 Å². The lowest BCUT2D eigenvalue weighted by Gasteiger charge is -2.28. The fraction of sp³-hybridized carbons (Fsp3) is 0.290. The number of Topliss-reactive ketones (excluding diaryl/α,β-unsaturated/α-hetero) is 1. The number of amides is 2. The van der Waals surface area contributed by atoms with Crippen molar-refractivity contribution in [2.75, 3.05) is 18.6 Å². The summed E-state index contributed by atoms with van der Waals surface area (Å²) in [5, 5.41) is 0. The van der Waals surface area contributed by atoms with E-state index in [-0.39, 0.29) is 52.8 Å². The molecule has 3 aromatic carbocycles. The molecule has 2 amide bonds. The Morgan fingerprint density at radius 1 is 0.842 bits per heavy atom. The van der Waals surface area contributed by atoms with Crippen LogP contribution in [0.4, 0.5) is 5.69 Å². The van der Waals surface area contributed by atoms with Crippen LogP contribution in [0.15, 0.2) is 78.9 Å². The predicted molar refractivity (Wildman–Crippen MR) is 139 cm³/mol. The molecule has 38 heavy (non-hydrogen) atoms. The Kier molecular flexibility index (Phi) is 6.06. The van der Waals surface area contributed by atoms with E-state index >= 15 is 0 Å². The minimum absolute atomic E-state index is 0.143. The van der Waals surface area contributed by atoms with Gasteiger partial charge < -0.3 is 9.47 Å². The number of imide groups is 1. The van der Waals surface area contributed by atoms with Crippen LogP contribution >= 0.6 is 0 Å². The molecule has 7 heteroatoms. The molecule has 1 aliphatic heterocycles. The van der Waals surface area contributed by atoms with Crippen LogP contribution in [0.25, 0.3) is 0 Å². The second-order valence-corrected chi connectivity index (χ2v) is 10.3. The summed E-state index contributed by atoms with van der Waals surface area (Å²) in [5.74, 6) is -0.931. The van der Waals surface area contributed by atoms with Gasteiger partial charge in [-0.2, -0.15) is 0 Å². The third kappa shape index (κ3) is 3.99. The first-order chi connectivity index (χ1) is 18.5. The van der Waals surface area contributed by atoms with Gasteiger partial charge in [0.15, 0.2) is 12.4 Å². The molecule has 2 bridgehead atoms. The first kappa shape index (κ1) is 24.1. The molecule has 1 heterocycles. The SMILES string of the molecule is COc1cccc(C(=O)COC(=O)c2cccc(N3C(=O)[C@@H]4[C@H]5C[C@@H]([C@@H]4C3=O)[C@@H](c3ccccc3)C5)c2)c1. The summed E-state index contributed by atoms with van der Waals surface area (Å²) in [5.41, 5.74) is 2.13. The van der Waals surface area contributed by atoms with Crippen LogP contribution in [0.3, 0.4) is 0 Å². The summed E-state index contributed by atoms with van der Waals surface area (Å²) in [4.78, 5) is 53.6. The number of ether oxygens (including phenoxy) is 2. The van der Waals surface area contributed by atoms with Crippen LogP contribution in [0.5, 0.6) is 5.75 Å². The third-order valence-electron chi connectivity index (χ3n) is 8.31. The van der Waals surface area contributed by atoms with E-state index in [9.17, 15) is 19.2 Å². The zero-order chi connectivity index (χ0) is 26.4. The first-order valence-corrected chi connectivity index (χ1v) is 12.8. The standard InChI is InChI=1S/C31H27NO6/c1-37-23-12-6-9-19(14-23)26(33)17-38-31(36)20-10-5-11-22(13-20)32-29(34)27-21-15-24(18-7-3-2-4-8-18)25(16-21)28(27)30(32)35/h2-14,21,24-25,27-28H,15-17H2,1H3/t21-,24-,25-,27-,28+/m1/s1. The molecular weight excluding hydrogens is 482 g/mol. The van der Waals surface area contributed by atoms with Gasteiger partial charge in [-0.05, 0) is 66.5 Å². The van der Waals surface area contributed by atoms with Crippen LogP contribution in [-0.4, -0.2) is 37.3 Å². The lowest BCUT2D eigenvalue weighted by molar-refractivity contribution is -0.123. The molecule has 3 fully saturated rings. The molecule has 1 saturated heterocycles. The Morgan fingerprint density at radius 3 is 2.37 bits per heavy atom. The molecule has 0 N–H and O–H groups in total. The van der Waals surface area contributed by atoms with Crippen LogP contribution < -0.4 is 9.64 Å². The van der Waals surface area contributed by atoms with Gasteiger partial charge in [-0.15, -0.1) is 0 Å². The first-order valence-electron chi connectivity index (χ1n) is 12.8. The highest BCUT2D eigenvalue weighted by atomic mass is 16.5. The molecule has 2 aliphatic carbocycles. The predicted octanol–water partition coefficient (Wildman–Crippen LogP) is 4.66. The molecule has 192 valence electrons. The van der Waals surface area contributed by atoms with Crippen molar-refractivity contribution >= 4 is 29.3 Å². The lowest BCUT2D eigenvalue weighted by atomic mass is 9.73. The lowest BCUT2D eigenvalue weighted by Crippen LogP contribution is -2.33. The maximum absolute atomic E-state index is 13.6. The summed E-state index contributed by atoms with van der Waals surface area (Å²) in [6, 6.07) is 23.1. The number of benzene rings is 3. The van der Waals surface area contributed by atoms with Gasteiger partial charge in [0, 0.05) is 5.56 Å². The molecule has 7 nitrogen and oxygen atoms in total. The highest BCUT2D eigenvalue weighted by Gasteiger charge is 2.64. The number of methoxy groups -OCH3 is 1. The smallest absolute Gasteiger partial charge is 0.338 e. The minimum atomic E-state index is -0.702. The molecule has 3 aromatic rings. The van der Waals surface area contributed by atoms with Gasteiger partial charge in [0.1, 0.15) is 5.75 Å². The van der Waals surface area contributed by atoms with E-state index in [4.69, 9.17) is 9.47 Å². The third-order valence-corrected chi connectivity index (χ3v) is 8.31. The van der Waals surface area contributed by atoms with E-state index in [1.54, 1.807) is 42.5 Å². The number of carbonyl (C=O) groups is 4. The van der Waals surface area contributed by atoms with Crippen molar-refractivity contribution in [3.63, 3.8) is 0 Å². The Hall–Kier alpha value is -4.26. The highest BCUT2D eigenvalue weighted by Crippen LogP contribution is 2.61. The second kappa shape index (κ2) is 9.56. The number of rotatable bonds is 7. The number of ketones is 1. The van der Waals surface area contributed by atoms with E-state index in [0.29, 0.717) is 17.0 Å². The van der Waals surface area contributed by atoms with Gasteiger partial charge >= 0.3 is 5.97 Å². The molecule has 0 spiro atoms. The molecule has 0 unspecified atom stereocenters. The van der Waals surface area contributed by atoms with Gasteiger partial charge in [-0.1, -0.05) is 48.5 Å². The van der Waals surface area contributed by atoms with E-state index in [1.165, 1.54) is 23.6 Å². The van der Waals surface area contributed by atoms with Crippen LogP contribution in [0, 0.1) is 23.7 Å². The maximum Gasteiger partial charge on any atom is 0.338 e. The Balaban J connectivity index is 1.17. The van der Waals surface area contributed by atoms with Crippen molar-refractivity contribution < 1.29 is 28.7 Å². The van der Waals surface area contributed by atoms with E-state index in [0.717, 1.165) is 12.8 Å². The molecule has 5 atom stereocenters. The molecule has 2 saturated carbocycles. The zero-order valence-corrected chi connectivity index (χ0v) is 20.9. The Bertz CT molecular complexity index is 1430. The zero-order valence-electron chi connectivity index (χ0n) is 20.9. The number of carbonyl (C=O) groups excluding carboxylic acids is 4. The number of hydrogen-bond donors (Lipinski definition) is 0. The summed E-state index contributed by atoms with van der Waals surface area (Å²) in [6.45, 7) is -0.438. The second-order valence-electron chi connectivity index (χ2n) is 10.3. The molecule has 3 aliphatic rings. The summed E-state index contributed by atoms with van der Waals surface area (Å²) in [6.07, 6.45) is 1.81. The van der Waals surface area contributed by atoms with Crippen LogP contribution in [-0.2, 0) is 14.3 Å². The Labute approximate surface area is 220 Å². The Morgan fingerprint density at radius 2 is 1.58 bits per heavy atom. The quantitative estimate of drug-likeness (QED) is 0.261. The number of anilines is 1. The normalized spacial score (nSPS) is 25.4. The number of hydrogen-bond acceptors (Lipinski definition) is 6. The van der Waals surface area contributed by atoms with Crippen molar-refractivity contribution in [1.82, 2.24) is 0 Å². The molecule has 0 radical (unpaired) electrons. The number of nitrogens with zero attached hydrogens (tertiary/aromatic N) is 1. The highest BCUT2D eigenvalue weighted by molar-refractivity contribution is 6.23. The fourth-order valence-corrected chi connectivity index (χ4v) is 6.66. The minimum Gasteiger partial charge on any atom is -0.497 e. The average Bonchev–Trinajstić information content (AvgIpc) is 3.63. The average molecular weight is 510 g/mol. The van der Waals surface area contributed by atoms with E-state index in [2.05, 4.69) is 12.1 Å². The van der Waals surface area contributed by atoms with Gasteiger partial charge in [0.2, 0.25) is 11.8 Å². The number of esters is 1. The molecule has 0 aromatic heterocycles. The summed E-state index contributed by atoms with van der Waals surface area (Å²) in [7, 11) is 1.51. The largest absolute Gasteiger partial charge is 0.497 e. The number of fused-ring (bicyclic) bond motifs is 5. The van der Waals surface area contributed by atoms with Crippen LogP contribution in [0.2, 0.25) is 0 Å². The van der Waals surface area contributed by atoms with Crippen molar-refractivity contribution in [2.45, 2.75) is 18.8 Å². The molecule has 6 rings (SSSR count). The van der Waals surface area contributed by atoms with Crippen molar-refractivity contribution in [1.29, 1.82) is 0 Å². The maximum atomic E-state index is 13.6. The van der Waals surface area contributed by atoms with Crippen molar-refractivity contribution in [3.05, 3.63) is 95.6 Å².